The number of anilines is 1. The van der Waals surface area contributed by atoms with Gasteiger partial charge in [-0.15, -0.1) is 0 Å². The minimum Gasteiger partial charge on any atom is -0.361 e. The van der Waals surface area contributed by atoms with Crippen LogP contribution < -0.4 is 10.2 Å². The highest BCUT2D eigenvalue weighted by molar-refractivity contribution is 5.92. The Bertz CT molecular complexity index is 724. The number of hydrogen-bond acceptors (Lipinski definition) is 6. The molecular weight excluding hydrogens is 294 g/mol. The summed E-state index contributed by atoms with van der Waals surface area (Å²) >= 11 is 0. The summed E-state index contributed by atoms with van der Waals surface area (Å²) in [6, 6.07) is 7.43. The number of amides is 1. The number of piperidine rings is 1. The zero-order valence-corrected chi connectivity index (χ0v) is 12.8. The Labute approximate surface area is 133 Å². The Morgan fingerprint density at radius 3 is 2.78 bits per heavy atom. The first-order valence-electron chi connectivity index (χ1n) is 7.51. The van der Waals surface area contributed by atoms with Crippen molar-refractivity contribution < 1.29 is 9.32 Å². The summed E-state index contributed by atoms with van der Waals surface area (Å²) in [5.74, 6) is 1.29. The van der Waals surface area contributed by atoms with Gasteiger partial charge in [0.1, 0.15) is 17.6 Å². The highest BCUT2D eigenvalue weighted by Crippen LogP contribution is 2.18. The van der Waals surface area contributed by atoms with Crippen LogP contribution in [0.15, 0.2) is 28.9 Å². The van der Waals surface area contributed by atoms with Crippen molar-refractivity contribution in [3.8, 4) is 6.07 Å². The van der Waals surface area contributed by atoms with Gasteiger partial charge in [0, 0.05) is 31.4 Å². The molecule has 2 aromatic heterocycles. The third-order valence-electron chi connectivity index (χ3n) is 3.89. The Kier molecular flexibility index (Phi) is 4.24. The summed E-state index contributed by atoms with van der Waals surface area (Å²) in [5, 5.41) is 15.5. The van der Waals surface area contributed by atoms with Gasteiger partial charge in [-0.25, -0.2) is 4.98 Å². The van der Waals surface area contributed by atoms with Gasteiger partial charge in [-0.05, 0) is 31.9 Å². The lowest BCUT2D eigenvalue weighted by molar-refractivity contribution is 0.0922. The lowest BCUT2D eigenvalue weighted by Gasteiger charge is -2.33. The van der Waals surface area contributed by atoms with Gasteiger partial charge in [-0.2, -0.15) is 5.26 Å². The summed E-state index contributed by atoms with van der Waals surface area (Å²) in [6.45, 7) is 3.37. The van der Waals surface area contributed by atoms with Crippen molar-refractivity contribution >= 4 is 11.7 Å². The third kappa shape index (κ3) is 3.48. The average molecular weight is 311 g/mol. The van der Waals surface area contributed by atoms with E-state index < -0.39 is 0 Å². The molecule has 0 aliphatic carbocycles. The summed E-state index contributed by atoms with van der Waals surface area (Å²) in [5.41, 5.74) is 0.873. The van der Waals surface area contributed by atoms with Gasteiger partial charge < -0.3 is 14.7 Å². The van der Waals surface area contributed by atoms with Crippen molar-refractivity contribution in [2.24, 2.45) is 0 Å². The highest BCUT2D eigenvalue weighted by atomic mass is 16.5. The molecule has 3 rings (SSSR count). The molecule has 2 aromatic rings. The maximum Gasteiger partial charge on any atom is 0.273 e. The Morgan fingerprint density at radius 2 is 2.22 bits per heavy atom. The standard InChI is InChI=1S/C16H17N5O2/c1-11-8-14(20-23-11)16(22)19-13-4-6-21(7-5-13)15-3-2-12(9-17)10-18-15/h2-3,8,10,13H,4-7H2,1H3,(H,19,22). The van der Waals surface area contributed by atoms with Gasteiger partial charge in [0.25, 0.3) is 5.91 Å². The van der Waals surface area contributed by atoms with Crippen LogP contribution in [0.4, 0.5) is 5.82 Å². The van der Waals surface area contributed by atoms with Gasteiger partial charge >= 0.3 is 0 Å². The van der Waals surface area contributed by atoms with Gasteiger partial charge in [0.05, 0.1) is 5.56 Å². The lowest BCUT2D eigenvalue weighted by Crippen LogP contribution is -2.45. The van der Waals surface area contributed by atoms with E-state index >= 15 is 0 Å². The Hall–Kier alpha value is -2.88. The van der Waals surface area contributed by atoms with Crippen LogP contribution in [-0.2, 0) is 0 Å². The van der Waals surface area contributed by atoms with Crippen LogP contribution in [0.2, 0.25) is 0 Å². The molecule has 1 saturated heterocycles. The van der Waals surface area contributed by atoms with E-state index in [9.17, 15) is 4.79 Å². The van der Waals surface area contributed by atoms with E-state index in [1.807, 2.05) is 6.07 Å². The Balaban J connectivity index is 1.53. The molecule has 0 spiro atoms. The van der Waals surface area contributed by atoms with Crippen LogP contribution in [0.25, 0.3) is 0 Å². The summed E-state index contributed by atoms with van der Waals surface area (Å²) in [6.07, 6.45) is 3.25. The SMILES string of the molecule is Cc1cc(C(=O)NC2CCN(c3ccc(C#N)cn3)CC2)no1. The maximum absolute atomic E-state index is 12.1. The number of nitrogens with zero attached hydrogens (tertiary/aromatic N) is 4. The molecule has 7 heteroatoms. The summed E-state index contributed by atoms with van der Waals surface area (Å²) < 4.78 is 4.92. The van der Waals surface area contributed by atoms with Gasteiger partial charge in [-0.3, -0.25) is 4.79 Å². The molecule has 0 unspecified atom stereocenters. The number of aryl methyl sites for hydroxylation is 1. The van der Waals surface area contributed by atoms with E-state index in [-0.39, 0.29) is 11.9 Å². The quantitative estimate of drug-likeness (QED) is 0.926. The number of carbonyl (C=O) groups excluding carboxylic acids is 1. The zero-order valence-electron chi connectivity index (χ0n) is 12.8. The fourth-order valence-electron chi connectivity index (χ4n) is 2.62. The monoisotopic (exact) mass is 311 g/mol. The first-order valence-corrected chi connectivity index (χ1v) is 7.51. The zero-order chi connectivity index (χ0) is 16.2. The normalized spacial score (nSPS) is 15.2. The first kappa shape index (κ1) is 15.0. The van der Waals surface area contributed by atoms with E-state index in [0.29, 0.717) is 17.0 Å². The molecule has 1 N–H and O–H groups in total. The minimum atomic E-state index is -0.197. The van der Waals surface area contributed by atoms with Crippen molar-refractivity contribution in [2.75, 3.05) is 18.0 Å². The van der Waals surface area contributed by atoms with Crippen molar-refractivity contribution in [3.05, 3.63) is 41.4 Å². The second-order valence-corrected chi connectivity index (χ2v) is 5.57. The molecule has 1 amide bonds. The molecule has 1 aliphatic rings. The minimum absolute atomic E-state index is 0.120. The molecule has 0 atom stereocenters. The van der Waals surface area contributed by atoms with Crippen molar-refractivity contribution in [2.45, 2.75) is 25.8 Å². The molecule has 23 heavy (non-hydrogen) atoms. The van der Waals surface area contributed by atoms with Crippen LogP contribution in [0, 0.1) is 18.3 Å². The molecule has 7 nitrogen and oxygen atoms in total. The fourth-order valence-corrected chi connectivity index (χ4v) is 2.62. The number of aromatic nitrogens is 2. The van der Waals surface area contributed by atoms with E-state index in [2.05, 4.69) is 26.4 Å². The number of hydrogen-bond donors (Lipinski definition) is 1. The molecule has 0 bridgehead atoms. The third-order valence-corrected chi connectivity index (χ3v) is 3.89. The van der Waals surface area contributed by atoms with Crippen LogP contribution >= 0.6 is 0 Å². The second-order valence-electron chi connectivity index (χ2n) is 5.57. The molecule has 0 saturated carbocycles. The fraction of sp³-hybridized carbons (Fsp3) is 0.375. The van der Waals surface area contributed by atoms with Crippen LogP contribution in [0.1, 0.15) is 34.7 Å². The lowest BCUT2D eigenvalue weighted by atomic mass is 10.0. The van der Waals surface area contributed by atoms with Crippen molar-refractivity contribution in [1.29, 1.82) is 5.26 Å². The number of pyridine rings is 1. The largest absolute Gasteiger partial charge is 0.361 e. The predicted molar refractivity (Wildman–Crippen MR) is 82.9 cm³/mol. The topological polar surface area (TPSA) is 95.1 Å². The smallest absolute Gasteiger partial charge is 0.273 e. The Morgan fingerprint density at radius 1 is 1.43 bits per heavy atom. The van der Waals surface area contributed by atoms with Crippen LogP contribution in [0.3, 0.4) is 0 Å². The molecule has 0 aromatic carbocycles. The molecule has 1 aliphatic heterocycles. The molecule has 118 valence electrons. The van der Waals surface area contributed by atoms with E-state index in [4.69, 9.17) is 9.78 Å². The summed E-state index contributed by atoms with van der Waals surface area (Å²) in [7, 11) is 0. The molecule has 3 heterocycles. The van der Waals surface area contributed by atoms with E-state index in [1.165, 1.54) is 0 Å². The maximum atomic E-state index is 12.1. The summed E-state index contributed by atoms with van der Waals surface area (Å²) in [4.78, 5) is 18.5. The molecular formula is C16H17N5O2. The van der Waals surface area contributed by atoms with Gasteiger partial charge in [0.15, 0.2) is 5.69 Å². The van der Waals surface area contributed by atoms with E-state index in [1.54, 1.807) is 25.3 Å². The number of carbonyl (C=O) groups is 1. The first-order chi connectivity index (χ1) is 11.2. The van der Waals surface area contributed by atoms with Crippen molar-refractivity contribution in [1.82, 2.24) is 15.5 Å². The highest BCUT2D eigenvalue weighted by Gasteiger charge is 2.23. The molecule has 0 radical (unpaired) electrons. The average Bonchev–Trinajstić information content (AvgIpc) is 3.02. The van der Waals surface area contributed by atoms with E-state index in [0.717, 1.165) is 31.7 Å². The van der Waals surface area contributed by atoms with Gasteiger partial charge in [-0.1, -0.05) is 5.16 Å². The van der Waals surface area contributed by atoms with Gasteiger partial charge in [0.2, 0.25) is 0 Å². The van der Waals surface area contributed by atoms with Crippen LogP contribution in [-0.4, -0.2) is 35.2 Å². The predicted octanol–water partition coefficient (Wildman–Crippen LogP) is 1.65. The second kappa shape index (κ2) is 6.48. The van der Waals surface area contributed by atoms with Crippen LogP contribution in [0.5, 0.6) is 0 Å². The number of nitrogens with one attached hydrogen (secondary N) is 1. The van der Waals surface area contributed by atoms with Crippen molar-refractivity contribution in [3.63, 3.8) is 0 Å². The number of rotatable bonds is 3. The molecule has 1 fully saturated rings. The number of nitriles is 1.